The molecule has 2 N–H and O–H groups in total. The fourth-order valence-corrected chi connectivity index (χ4v) is 4.40. The summed E-state index contributed by atoms with van der Waals surface area (Å²) in [6, 6.07) is 16.6. The van der Waals surface area contributed by atoms with Crippen LogP contribution < -0.4 is 5.32 Å². The van der Waals surface area contributed by atoms with E-state index in [1.165, 1.54) is 5.56 Å². The van der Waals surface area contributed by atoms with Crippen LogP contribution in [-0.4, -0.2) is 46.8 Å². The highest BCUT2D eigenvalue weighted by atomic mass is 16.5. The minimum absolute atomic E-state index is 0.0340. The molecule has 0 aliphatic carbocycles. The summed E-state index contributed by atoms with van der Waals surface area (Å²) in [5, 5.41) is 11.5. The topological polar surface area (TPSA) is 70.2 Å². The summed E-state index contributed by atoms with van der Waals surface area (Å²) in [6.45, 7) is 2.67. The second kappa shape index (κ2) is 6.48. The number of piperidine rings is 1. The highest BCUT2D eigenvalue weighted by Gasteiger charge is 2.48. The maximum absolute atomic E-state index is 12.1. The number of morpholine rings is 1. The molecule has 6 heteroatoms. The summed E-state index contributed by atoms with van der Waals surface area (Å²) in [7, 11) is 0. The third kappa shape index (κ3) is 2.91. The number of aromatic amines is 1. The van der Waals surface area contributed by atoms with Gasteiger partial charge < -0.3 is 10.1 Å². The summed E-state index contributed by atoms with van der Waals surface area (Å²) in [4.78, 5) is 14.5. The summed E-state index contributed by atoms with van der Waals surface area (Å²) < 4.78 is 6.01. The molecule has 0 saturated carbocycles. The zero-order chi connectivity index (χ0) is 18.3. The van der Waals surface area contributed by atoms with Crippen molar-refractivity contribution in [1.29, 1.82) is 0 Å². The lowest BCUT2D eigenvalue weighted by molar-refractivity contribution is -0.152. The van der Waals surface area contributed by atoms with Gasteiger partial charge in [0.25, 0.3) is 0 Å². The summed E-state index contributed by atoms with van der Waals surface area (Å²) in [6.07, 6.45) is 2.62. The molecule has 2 aliphatic heterocycles. The Labute approximate surface area is 157 Å². The Hall–Kier alpha value is -2.70. The molecule has 2 fully saturated rings. The number of aromatic nitrogens is 2. The van der Waals surface area contributed by atoms with Crippen LogP contribution in [0.25, 0.3) is 10.9 Å². The summed E-state index contributed by atoms with van der Waals surface area (Å²) in [5.74, 6) is -0.0340. The van der Waals surface area contributed by atoms with Gasteiger partial charge in [-0.1, -0.05) is 42.5 Å². The predicted octanol–water partition coefficient (Wildman–Crippen LogP) is 2.18. The van der Waals surface area contributed by atoms with Crippen LogP contribution in [-0.2, 0) is 21.6 Å². The molecule has 2 aliphatic rings. The minimum atomic E-state index is -0.430. The number of hydrogen-bond acceptors (Lipinski definition) is 4. The normalized spacial score (nSPS) is 25.9. The van der Waals surface area contributed by atoms with Gasteiger partial charge in [0.05, 0.1) is 23.4 Å². The van der Waals surface area contributed by atoms with Crippen LogP contribution in [0.4, 0.5) is 0 Å². The molecule has 2 atom stereocenters. The number of ether oxygens (including phenoxy) is 1. The van der Waals surface area contributed by atoms with Gasteiger partial charge in [0, 0.05) is 25.0 Å². The third-order valence-corrected chi connectivity index (χ3v) is 5.78. The first-order valence-electron chi connectivity index (χ1n) is 9.35. The zero-order valence-electron chi connectivity index (χ0n) is 15.0. The van der Waals surface area contributed by atoms with Gasteiger partial charge in [-0.15, -0.1) is 0 Å². The van der Waals surface area contributed by atoms with Crippen molar-refractivity contribution in [3.05, 3.63) is 65.9 Å². The lowest BCUT2D eigenvalue weighted by atomic mass is 9.77. The van der Waals surface area contributed by atoms with Crippen LogP contribution in [0, 0.1) is 0 Å². The fourth-order valence-electron chi connectivity index (χ4n) is 4.40. The van der Waals surface area contributed by atoms with E-state index in [0.29, 0.717) is 0 Å². The van der Waals surface area contributed by atoms with Gasteiger partial charge in [0.1, 0.15) is 6.61 Å². The average molecular weight is 362 g/mol. The van der Waals surface area contributed by atoms with Crippen LogP contribution in [0.3, 0.4) is 0 Å². The Bertz CT molecular complexity index is 970. The summed E-state index contributed by atoms with van der Waals surface area (Å²) in [5.41, 5.74) is 3.00. The molecule has 1 aromatic heterocycles. The van der Waals surface area contributed by atoms with Crippen LogP contribution >= 0.6 is 0 Å². The second-order valence-corrected chi connectivity index (χ2v) is 7.46. The number of nitrogens with one attached hydrogen (secondary N) is 2. The number of benzene rings is 2. The van der Waals surface area contributed by atoms with Crippen molar-refractivity contribution in [1.82, 2.24) is 20.4 Å². The van der Waals surface area contributed by atoms with Crippen molar-refractivity contribution in [2.75, 3.05) is 19.7 Å². The first-order valence-corrected chi connectivity index (χ1v) is 9.35. The minimum Gasteiger partial charge on any atom is -0.364 e. The van der Waals surface area contributed by atoms with E-state index in [9.17, 15) is 4.79 Å². The van der Waals surface area contributed by atoms with Gasteiger partial charge in [-0.3, -0.25) is 14.8 Å². The molecule has 6 nitrogen and oxygen atoms in total. The summed E-state index contributed by atoms with van der Waals surface area (Å²) >= 11 is 0. The van der Waals surface area contributed by atoms with Crippen molar-refractivity contribution >= 4 is 16.8 Å². The van der Waals surface area contributed by atoms with E-state index in [1.54, 1.807) is 0 Å². The first kappa shape index (κ1) is 16.5. The Morgan fingerprint density at radius 1 is 1.22 bits per heavy atom. The fraction of sp³-hybridized carbons (Fsp3) is 0.333. The standard InChI is InChI=1S/C21H22N4O2/c26-20-14-27-19-13-25(12-15-6-7-16-11-22-24-18(16)10-15)9-8-21(19,23-20)17-4-2-1-3-5-17/h1-7,10-11,19H,8-9,12-14H2,(H,22,24)(H,23,26)/t19-,21+/m1/s1. The van der Waals surface area contributed by atoms with E-state index in [-0.39, 0.29) is 18.6 Å². The molecule has 0 spiro atoms. The van der Waals surface area contributed by atoms with Crippen LogP contribution in [0.5, 0.6) is 0 Å². The Morgan fingerprint density at radius 3 is 3.00 bits per heavy atom. The second-order valence-electron chi connectivity index (χ2n) is 7.46. The highest BCUT2D eigenvalue weighted by Crippen LogP contribution is 2.37. The van der Waals surface area contributed by atoms with Crippen molar-refractivity contribution in [2.45, 2.75) is 24.6 Å². The molecule has 0 radical (unpaired) electrons. The number of fused-ring (bicyclic) bond motifs is 2. The van der Waals surface area contributed by atoms with E-state index in [0.717, 1.165) is 42.5 Å². The van der Waals surface area contributed by atoms with E-state index in [2.05, 4.69) is 50.7 Å². The average Bonchev–Trinajstić information content (AvgIpc) is 3.17. The maximum Gasteiger partial charge on any atom is 0.246 e. The number of H-pyrrole nitrogens is 1. The van der Waals surface area contributed by atoms with E-state index < -0.39 is 5.54 Å². The van der Waals surface area contributed by atoms with Crippen LogP contribution in [0.15, 0.2) is 54.7 Å². The number of nitrogens with zero attached hydrogens (tertiary/aromatic N) is 2. The molecule has 27 heavy (non-hydrogen) atoms. The molecule has 2 aromatic carbocycles. The lowest BCUT2D eigenvalue weighted by Gasteiger charge is -2.50. The number of carbonyl (C=O) groups excluding carboxylic acids is 1. The third-order valence-electron chi connectivity index (χ3n) is 5.78. The van der Waals surface area contributed by atoms with Gasteiger partial charge in [-0.25, -0.2) is 0 Å². The van der Waals surface area contributed by atoms with Gasteiger partial charge in [0.15, 0.2) is 0 Å². The molecule has 5 rings (SSSR count). The quantitative estimate of drug-likeness (QED) is 0.749. The molecule has 0 bridgehead atoms. The number of carbonyl (C=O) groups is 1. The number of likely N-dealkylation sites (tertiary alicyclic amines) is 1. The van der Waals surface area contributed by atoms with E-state index in [1.807, 2.05) is 24.4 Å². The van der Waals surface area contributed by atoms with Crippen molar-refractivity contribution in [2.24, 2.45) is 0 Å². The van der Waals surface area contributed by atoms with Gasteiger partial charge in [-0.05, 0) is 23.6 Å². The molecule has 1 amide bonds. The van der Waals surface area contributed by atoms with Crippen molar-refractivity contribution in [3.8, 4) is 0 Å². The van der Waals surface area contributed by atoms with E-state index in [4.69, 9.17) is 4.74 Å². The van der Waals surface area contributed by atoms with Gasteiger partial charge in [-0.2, -0.15) is 5.10 Å². The highest BCUT2D eigenvalue weighted by molar-refractivity contribution is 5.79. The SMILES string of the molecule is O=C1CO[C@@H]2CN(Cc3ccc4cn[nH]c4c3)CC[C@@]2(c2ccccc2)N1. The van der Waals surface area contributed by atoms with Crippen LogP contribution in [0.2, 0.25) is 0 Å². The van der Waals surface area contributed by atoms with Crippen LogP contribution in [0.1, 0.15) is 17.5 Å². The Balaban J connectivity index is 1.38. The number of rotatable bonds is 3. The Kier molecular flexibility index (Phi) is 3.95. The Morgan fingerprint density at radius 2 is 2.11 bits per heavy atom. The molecular weight excluding hydrogens is 340 g/mol. The maximum atomic E-state index is 12.1. The van der Waals surface area contributed by atoms with Gasteiger partial charge in [0.2, 0.25) is 5.91 Å². The van der Waals surface area contributed by atoms with Crippen molar-refractivity contribution in [3.63, 3.8) is 0 Å². The van der Waals surface area contributed by atoms with E-state index >= 15 is 0 Å². The first-order chi connectivity index (χ1) is 13.2. The molecule has 3 heterocycles. The zero-order valence-corrected chi connectivity index (χ0v) is 15.0. The van der Waals surface area contributed by atoms with Crippen molar-refractivity contribution < 1.29 is 9.53 Å². The molecule has 2 saturated heterocycles. The molecule has 138 valence electrons. The predicted molar refractivity (Wildman–Crippen MR) is 102 cm³/mol. The smallest absolute Gasteiger partial charge is 0.246 e. The lowest BCUT2D eigenvalue weighted by Crippen LogP contribution is -2.66. The molecule has 3 aromatic rings. The molecular formula is C21H22N4O2. The largest absolute Gasteiger partial charge is 0.364 e. The number of amides is 1. The molecule has 0 unspecified atom stereocenters. The van der Waals surface area contributed by atoms with Gasteiger partial charge >= 0.3 is 0 Å². The number of hydrogen-bond donors (Lipinski definition) is 2. The monoisotopic (exact) mass is 362 g/mol.